The molecule has 0 spiro atoms. The van der Waals surface area contributed by atoms with Crippen molar-refractivity contribution in [3.63, 3.8) is 0 Å². The summed E-state index contributed by atoms with van der Waals surface area (Å²) in [7, 11) is -3.58. The summed E-state index contributed by atoms with van der Waals surface area (Å²) in [6, 6.07) is 5.54. The second-order valence-corrected chi connectivity index (χ2v) is 8.36. The molecule has 2 N–H and O–H groups in total. The summed E-state index contributed by atoms with van der Waals surface area (Å²) >= 11 is 1.52. The number of nitrogens with one attached hydrogen (secondary N) is 2. The Kier molecular flexibility index (Phi) is 8.40. The molecule has 0 fully saturated rings. The molecule has 0 saturated heterocycles. The number of benzene rings is 1. The third kappa shape index (κ3) is 7.45. The molecule has 9 heteroatoms. The Labute approximate surface area is 153 Å². The van der Waals surface area contributed by atoms with E-state index in [9.17, 15) is 18.0 Å². The van der Waals surface area contributed by atoms with Crippen LogP contribution in [0.5, 0.6) is 0 Å². The fourth-order valence-electron chi connectivity index (χ4n) is 1.83. The van der Waals surface area contributed by atoms with Gasteiger partial charge in [0.2, 0.25) is 10.0 Å². The fraction of sp³-hybridized carbons (Fsp3) is 0.500. The van der Waals surface area contributed by atoms with Crippen LogP contribution in [0.3, 0.4) is 0 Å². The summed E-state index contributed by atoms with van der Waals surface area (Å²) < 4.78 is 31.6. The molecule has 0 saturated carbocycles. The Morgan fingerprint density at radius 1 is 1.16 bits per heavy atom. The fourth-order valence-corrected chi connectivity index (χ4v) is 3.46. The molecule has 0 bridgehead atoms. The van der Waals surface area contributed by atoms with Crippen LogP contribution < -0.4 is 10.0 Å². The van der Waals surface area contributed by atoms with Gasteiger partial charge in [-0.3, -0.25) is 9.59 Å². The highest BCUT2D eigenvalue weighted by Gasteiger charge is 2.19. The van der Waals surface area contributed by atoms with Gasteiger partial charge in [-0.05, 0) is 51.3 Å². The molecular formula is C16H24N2O5S2. The summed E-state index contributed by atoms with van der Waals surface area (Å²) in [5.41, 5.74) is 0.417. The summed E-state index contributed by atoms with van der Waals surface area (Å²) in [5, 5.41) is 2.59. The normalized spacial score (nSPS) is 12.7. The average Bonchev–Trinajstić information content (AvgIpc) is 2.52. The van der Waals surface area contributed by atoms with E-state index < -0.39 is 28.0 Å². The molecule has 7 nitrogen and oxygen atoms in total. The van der Waals surface area contributed by atoms with Crippen LogP contribution in [0.2, 0.25) is 0 Å². The van der Waals surface area contributed by atoms with Gasteiger partial charge in [-0.1, -0.05) is 0 Å². The molecule has 25 heavy (non-hydrogen) atoms. The first-order valence-electron chi connectivity index (χ1n) is 7.77. The lowest BCUT2D eigenvalue weighted by atomic mass is 10.3. The molecule has 0 radical (unpaired) electrons. The Morgan fingerprint density at radius 3 is 2.28 bits per heavy atom. The summed E-state index contributed by atoms with van der Waals surface area (Å²) in [6.45, 7) is 4.94. The van der Waals surface area contributed by atoms with E-state index in [2.05, 4.69) is 10.0 Å². The number of hydrogen-bond acceptors (Lipinski definition) is 6. The van der Waals surface area contributed by atoms with Gasteiger partial charge in [0.25, 0.3) is 5.91 Å². The highest BCUT2D eigenvalue weighted by atomic mass is 32.2. The summed E-state index contributed by atoms with van der Waals surface area (Å²) in [6.07, 6.45) is 1.19. The van der Waals surface area contributed by atoms with Gasteiger partial charge in [-0.25, -0.2) is 13.1 Å². The topological polar surface area (TPSA) is 102 Å². The number of anilines is 1. The van der Waals surface area contributed by atoms with Crippen molar-refractivity contribution in [3.8, 4) is 0 Å². The third-order valence-electron chi connectivity index (χ3n) is 3.01. The first-order valence-corrected chi connectivity index (χ1v) is 10.6. The second kappa shape index (κ2) is 9.79. The molecule has 0 aliphatic heterocycles. The zero-order valence-electron chi connectivity index (χ0n) is 14.7. The summed E-state index contributed by atoms with van der Waals surface area (Å²) in [5.74, 6) is -0.278. The number of ether oxygens (including phenoxy) is 1. The van der Waals surface area contributed by atoms with Crippen LogP contribution in [0.25, 0.3) is 0 Å². The van der Waals surface area contributed by atoms with Crippen LogP contribution in [0, 0.1) is 0 Å². The van der Waals surface area contributed by atoms with Crippen molar-refractivity contribution >= 4 is 39.3 Å². The maximum absolute atomic E-state index is 12.0. The summed E-state index contributed by atoms with van der Waals surface area (Å²) in [4.78, 5) is 23.7. The maximum Gasteiger partial charge on any atom is 0.307 e. The van der Waals surface area contributed by atoms with E-state index in [4.69, 9.17) is 4.74 Å². The third-order valence-corrected chi connectivity index (χ3v) is 5.30. The first kappa shape index (κ1) is 21.5. The number of carbonyl (C=O) groups excluding carboxylic acids is 2. The molecule has 1 aromatic rings. The molecule has 1 amide bonds. The second-order valence-electron chi connectivity index (χ2n) is 5.66. The minimum atomic E-state index is -3.58. The minimum Gasteiger partial charge on any atom is -0.453 e. The highest BCUT2D eigenvalue weighted by Crippen LogP contribution is 2.15. The Bertz CT molecular complexity index is 687. The van der Waals surface area contributed by atoms with Gasteiger partial charge >= 0.3 is 5.97 Å². The van der Waals surface area contributed by atoms with Crippen molar-refractivity contribution in [3.05, 3.63) is 24.3 Å². The smallest absolute Gasteiger partial charge is 0.307 e. The van der Waals surface area contributed by atoms with Crippen molar-refractivity contribution in [1.82, 2.24) is 4.72 Å². The van der Waals surface area contributed by atoms with Gasteiger partial charge in [-0.2, -0.15) is 11.8 Å². The van der Waals surface area contributed by atoms with Crippen molar-refractivity contribution < 1.29 is 22.7 Å². The lowest BCUT2D eigenvalue weighted by Gasteiger charge is -2.14. The minimum absolute atomic E-state index is 0.107. The molecule has 0 unspecified atom stereocenters. The van der Waals surface area contributed by atoms with Crippen molar-refractivity contribution in [1.29, 1.82) is 0 Å². The molecule has 0 aliphatic carbocycles. The van der Waals surface area contributed by atoms with Crippen molar-refractivity contribution in [2.75, 3.05) is 17.3 Å². The average molecular weight is 389 g/mol. The molecular weight excluding hydrogens is 364 g/mol. The number of hydrogen-bond donors (Lipinski definition) is 2. The standard InChI is InChI=1S/C16H24N2O5S2/c1-11(2)18-25(21,22)14-7-5-13(6-8-14)17-16(20)12(3)23-15(19)9-10-24-4/h5-8,11-12,18H,9-10H2,1-4H3,(H,17,20)/t12-/m1/s1. The zero-order valence-corrected chi connectivity index (χ0v) is 16.4. The lowest BCUT2D eigenvalue weighted by molar-refractivity contribution is -0.152. The molecule has 1 rings (SSSR count). The van der Waals surface area contributed by atoms with E-state index in [0.29, 0.717) is 11.4 Å². The Hall–Kier alpha value is -1.58. The quantitative estimate of drug-likeness (QED) is 0.628. The lowest BCUT2D eigenvalue weighted by Crippen LogP contribution is -2.30. The largest absolute Gasteiger partial charge is 0.453 e. The highest BCUT2D eigenvalue weighted by molar-refractivity contribution is 7.98. The van der Waals surface area contributed by atoms with E-state index in [1.165, 1.54) is 43.0 Å². The van der Waals surface area contributed by atoms with E-state index >= 15 is 0 Å². The first-order chi connectivity index (χ1) is 11.7. The maximum atomic E-state index is 12.0. The molecule has 1 atom stereocenters. The van der Waals surface area contributed by atoms with Crippen LogP contribution in [0.4, 0.5) is 5.69 Å². The van der Waals surface area contributed by atoms with E-state index in [1.807, 2.05) is 6.26 Å². The number of thioether (sulfide) groups is 1. The van der Waals surface area contributed by atoms with Gasteiger partial charge in [-0.15, -0.1) is 0 Å². The predicted octanol–water partition coefficient (Wildman–Crippen LogP) is 2.00. The molecule has 0 aliphatic rings. The SMILES string of the molecule is CSCCC(=O)O[C@H](C)C(=O)Nc1ccc(S(=O)(=O)NC(C)C)cc1. The van der Waals surface area contributed by atoms with Gasteiger partial charge in [0.15, 0.2) is 6.10 Å². The predicted molar refractivity (Wildman–Crippen MR) is 99.1 cm³/mol. The van der Waals surface area contributed by atoms with Crippen LogP contribution >= 0.6 is 11.8 Å². The number of sulfonamides is 1. The van der Waals surface area contributed by atoms with Gasteiger partial charge in [0, 0.05) is 17.5 Å². The molecule has 1 aromatic carbocycles. The zero-order chi connectivity index (χ0) is 19.0. The van der Waals surface area contributed by atoms with E-state index in [-0.39, 0.29) is 17.4 Å². The number of rotatable bonds is 9. The Morgan fingerprint density at radius 2 is 1.76 bits per heavy atom. The number of carbonyl (C=O) groups is 2. The van der Waals surface area contributed by atoms with Crippen LogP contribution in [0.15, 0.2) is 29.2 Å². The van der Waals surface area contributed by atoms with E-state index in [0.717, 1.165) is 0 Å². The molecule has 0 heterocycles. The number of amides is 1. The van der Waals surface area contributed by atoms with Crippen molar-refractivity contribution in [2.45, 2.75) is 44.2 Å². The number of esters is 1. The van der Waals surface area contributed by atoms with Crippen LogP contribution in [0.1, 0.15) is 27.2 Å². The van der Waals surface area contributed by atoms with Crippen molar-refractivity contribution in [2.24, 2.45) is 0 Å². The van der Waals surface area contributed by atoms with E-state index in [1.54, 1.807) is 13.8 Å². The monoisotopic (exact) mass is 388 g/mol. The molecule has 0 aromatic heterocycles. The van der Waals surface area contributed by atoms with Crippen LogP contribution in [-0.2, 0) is 24.3 Å². The van der Waals surface area contributed by atoms with Crippen LogP contribution in [-0.4, -0.2) is 44.4 Å². The van der Waals surface area contributed by atoms with Gasteiger partial charge in [0.1, 0.15) is 0 Å². The van der Waals surface area contributed by atoms with Gasteiger partial charge < -0.3 is 10.1 Å². The van der Waals surface area contributed by atoms with Gasteiger partial charge in [0.05, 0.1) is 11.3 Å². The Balaban J connectivity index is 2.65. The molecule has 140 valence electrons.